The van der Waals surface area contributed by atoms with Gasteiger partial charge in [0.1, 0.15) is 5.54 Å². The van der Waals surface area contributed by atoms with Gasteiger partial charge in [0.15, 0.2) is 0 Å². The Morgan fingerprint density at radius 1 is 1.40 bits per heavy atom. The predicted molar refractivity (Wildman–Crippen MR) is 99.9 cm³/mol. The molecule has 7 heteroatoms. The summed E-state index contributed by atoms with van der Waals surface area (Å²) < 4.78 is 7.70. The standard InChI is InChI=1S/C18H30N4O2.ClH/c1-5-24-15-13-14(17(15,2)3)21(4)16(23)18(7-10-19-11-8-18)22-12-6-9-20-22;/h6,9,12,14-15,19H,5,7-8,10-11,13H2,1-4H3;1H. The van der Waals surface area contributed by atoms with E-state index in [1.807, 2.05) is 35.8 Å². The van der Waals surface area contributed by atoms with Crippen molar-refractivity contribution >= 4 is 18.3 Å². The lowest BCUT2D eigenvalue weighted by Crippen LogP contribution is -2.66. The van der Waals surface area contributed by atoms with Crippen molar-refractivity contribution in [3.05, 3.63) is 18.5 Å². The number of likely N-dealkylation sites (N-methyl/N-ethyl adjacent to an activating group) is 1. The fraction of sp³-hybridized carbons (Fsp3) is 0.778. The summed E-state index contributed by atoms with van der Waals surface area (Å²) in [6.45, 7) is 8.84. The minimum atomic E-state index is -0.559. The van der Waals surface area contributed by atoms with Crippen molar-refractivity contribution in [1.29, 1.82) is 0 Å². The van der Waals surface area contributed by atoms with Gasteiger partial charge >= 0.3 is 0 Å². The molecule has 2 unspecified atom stereocenters. The Morgan fingerprint density at radius 3 is 2.60 bits per heavy atom. The van der Waals surface area contributed by atoms with Crippen LogP contribution in [0.3, 0.4) is 0 Å². The summed E-state index contributed by atoms with van der Waals surface area (Å²) in [5.41, 5.74) is -0.574. The van der Waals surface area contributed by atoms with E-state index < -0.39 is 5.54 Å². The zero-order valence-corrected chi connectivity index (χ0v) is 16.5. The molecule has 2 atom stereocenters. The number of amides is 1. The van der Waals surface area contributed by atoms with E-state index in [2.05, 4.69) is 24.3 Å². The first-order chi connectivity index (χ1) is 11.4. The molecule has 1 amide bonds. The Morgan fingerprint density at radius 2 is 2.08 bits per heavy atom. The van der Waals surface area contributed by atoms with Crippen LogP contribution in [0.2, 0.25) is 0 Å². The van der Waals surface area contributed by atoms with Crippen LogP contribution in [0.15, 0.2) is 18.5 Å². The Bertz CT molecular complexity index is 570. The Labute approximate surface area is 156 Å². The predicted octanol–water partition coefficient (Wildman–Crippen LogP) is 2.05. The molecule has 1 aliphatic carbocycles. The quantitative estimate of drug-likeness (QED) is 0.861. The summed E-state index contributed by atoms with van der Waals surface area (Å²) in [6.07, 6.45) is 6.38. The molecule has 1 aromatic rings. The molecule has 2 aliphatic rings. The van der Waals surface area contributed by atoms with Crippen molar-refractivity contribution in [2.75, 3.05) is 26.7 Å². The fourth-order valence-corrected chi connectivity index (χ4v) is 4.38. The van der Waals surface area contributed by atoms with E-state index in [1.165, 1.54) is 0 Å². The van der Waals surface area contributed by atoms with E-state index >= 15 is 0 Å². The minimum absolute atomic E-state index is 0. The first-order valence-electron chi connectivity index (χ1n) is 9.03. The van der Waals surface area contributed by atoms with Gasteiger partial charge in [-0.1, -0.05) is 13.8 Å². The van der Waals surface area contributed by atoms with Crippen LogP contribution in [0.4, 0.5) is 0 Å². The number of rotatable bonds is 5. The smallest absolute Gasteiger partial charge is 0.250 e. The van der Waals surface area contributed by atoms with Gasteiger partial charge in [-0.2, -0.15) is 5.10 Å². The number of piperidine rings is 1. The maximum Gasteiger partial charge on any atom is 0.250 e. The topological polar surface area (TPSA) is 59.4 Å². The highest BCUT2D eigenvalue weighted by atomic mass is 35.5. The van der Waals surface area contributed by atoms with Gasteiger partial charge in [0, 0.05) is 37.5 Å². The summed E-state index contributed by atoms with van der Waals surface area (Å²) in [5.74, 6) is 0.181. The Hall–Kier alpha value is -1.11. The molecule has 142 valence electrons. The Kier molecular flexibility index (Phi) is 6.17. The van der Waals surface area contributed by atoms with Crippen LogP contribution in [-0.4, -0.2) is 59.5 Å². The van der Waals surface area contributed by atoms with E-state index in [-0.39, 0.29) is 35.9 Å². The van der Waals surface area contributed by atoms with Gasteiger partial charge in [-0.3, -0.25) is 9.48 Å². The molecule has 1 N–H and O–H groups in total. The number of nitrogens with one attached hydrogen (secondary N) is 1. The van der Waals surface area contributed by atoms with Crippen molar-refractivity contribution in [3.63, 3.8) is 0 Å². The van der Waals surface area contributed by atoms with Crippen LogP contribution in [0.5, 0.6) is 0 Å². The molecular formula is C18H31ClN4O2. The van der Waals surface area contributed by atoms with E-state index in [1.54, 1.807) is 6.20 Å². The molecule has 0 spiro atoms. The zero-order valence-electron chi connectivity index (χ0n) is 15.7. The van der Waals surface area contributed by atoms with Gasteiger partial charge < -0.3 is 15.0 Å². The lowest BCUT2D eigenvalue weighted by molar-refractivity contribution is -0.171. The molecule has 1 aromatic heterocycles. The maximum atomic E-state index is 13.5. The van der Waals surface area contributed by atoms with Gasteiger partial charge in [0.05, 0.1) is 6.10 Å². The number of hydrogen-bond donors (Lipinski definition) is 1. The molecule has 0 aromatic carbocycles. The van der Waals surface area contributed by atoms with Crippen LogP contribution in [-0.2, 0) is 15.1 Å². The number of ether oxygens (including phenoxy) is 1. The molecule has 0 radical (unpaired) electrons. The van der Waals surface area contributed by atoms with E-state index in [0.29, 0.717) is 0 Å². The van der Waals surface area contributed by atoms with Crippen LogP contribution in [0, 0.1) is 5.41 Å². The third-order valence-corrected chi connectivity index (χ3v) is 6.05. The number of halogens is 1. The molecule has 25 heavy (non-hydrogen) atoms. The zero-order chi connectivity index (χ0) is 17.4. The summed E-state index contributed by atoms with van der Waals surface area (Å²) in [7, 11) is 1.95. The highest BCUT2D eigenvalue weighted by molar-refractivity contribution is 5.85. The number of hydrogen-bond acceptors (Lipinski definition) is 4. The second kappa shape index (κ2) is 7.64. The van der Waals surface area contributed by atoms with Gasteiger partial charge in [0.2, 0.25) is 0 Å². The lowest BCUT2D eigenvalue weighted by atomic mass is 9.63. The van der Waals surface area contributed by atoms with Crippen molar-refractivity contribution < 1.29 is 9.53 Å². The van der Waals surface area contributed by atoms with Crippen molar-refractivity contribution in [2.24, 2.45) is 5.41 Å². The summed E-state index contributed by atoms with van der Waals surface area (Å²) >= 11 is 0. The number of carbonyl (C=O) groups excluding carboxylic acids is 1. The first-order valence-corrected chi connectivity index (χ1v) is 9.03. The van der Waals surface area contributed by atoms with Gasteiger partial charge in [-0.15, -0.1) is 12.4 Å². The molecule has 3 rings (SSSR count). The summed E-state index contributed by atoms with van der Waals surface area (Å²) in [6, 6.07) is 2.11. The number of carbonyl (C=O) groups is 1. The number of nitrogens with zero attached hydrogens (tertiary/aromatic N) is 3. The normalized spacial score (nSPS) is 27.0. The fourth-order valence-electron chi connectivity index (χ4n) is 4.38. The number of aromatic nitrogens is 2. The molecule has 1 saturated carbocycles. The second-order valence-electron chi connectivity index (χ2n) is 7.67. The van der Waals surface area contributed by atoms with Crippen molar-refractivity contribution in [2.45, 2.75) is 57.7 Å². The van der Waals surface area contributed by atoms with Crippen LogP contribution >= 0.6 is 12.4 Å². The molecule has 2 heterocycles. The monoisotopic (exact) mass is 370 g/mol. The van der Waals surface area contributed by atoms with Gasteiger partial charge in [-0.25, -0.2) is 0 Å². The minimum Gasteiger partial charge on any atom is -0.378 e. The average molecular weight is 371 g/mol. The molecule has 2 fully saturated rings. The third kappa shape index (κ3) is 3.32. The maximum absolute atomic E-state index is 13.5. The van der Waals surface area contributed by atoms with E-state index in [9.17, 15) is 4.79 Å². The second-order valence-corrected chi connectivity index (χ2v) is 7.67. The van der Waals surface area contributed by atoms with Crippen LogP contribution < -0.4 is 5.32 Å². The van der Waals surface area contributed by atoms with Gasteiger partial charge in [0.25, 0.3) is 5.91 Å². The molecule has 6 nitrogen and oxygen atoms in total. The molecule has 1 aliphatic heterocycles. The van der Waals surface area contributed by atoms with E-state index in [0.717, 1.165) is 39.0 Å². The third-order valence-electron chi connectivity index (χ3n) is 6.05. The SMILES string of the molecule is CCOC1CC(N(C)C(=O)C2(n3cccn3)CCNCC2)C1(C)C.Cl. The van der Waals surface area contributed by atoms with Crippen molar-refractivity contribution in [1.82, 2.24) is 20.0 Å². The van der Waals surface area contributed by atoms with E-state index in [4.69, 9.17) is 4.74 Å². The molecular weight excluding hydrogens is 340 g/mol. The van der Waals surface area contributed by atoms with Crippen LogP contribution in [0.25, 0.3) is 0 Å². The first kappa shape index (κ1) is 20.2. The molecule has 1 saturated heterocycles. The summed E-state index contributed by atoms with van der Waals surface area (Å²) in [4.78, 5) is 15.5. The van der Waals surface area contributed by atoms with Crippen LogP contribution in [0.1, 0.15) is 40.0 Å². The average Bonchev–Trinajstić information content (AvgIpc) is 3.13. The van der Waals surface area contributed by atoms with Crippen molar-refractivity contribution in [3.8, 4) is 0 Å². The Balaban J connectivity index is 0.00000225. The van der Waals surface area contributed by atoms with Gasteiger partial charge in [-0.05, 0) is 45.3 Å². The highest BCUT2D eigenvalue weighted by Crippen LogP contribution is 2.46. The lowest BCUT2D eigenvalue weighted by Gasteiger charge is -2.56. The molecule has 0 bridgehead atoms. The highest BCUT2D eigenvalue weighted by Gasteiger charge is 2.54. The summed E-state index contributed by atoms with van der Waals surface area (Å²) in [5, 5.41) is 7.78. The largest absolute Gasteiger partial charge is 0.378 e.